The summed E-state index contributed by atoms with van der Waals surface area (Å²) in [6.07, 6.45) is 0. The Labute approximate surface area is 124 Å². The van der Waals surface area contributed by atoms with E-state index in [-0.39, 0.29) is 0 Å². The molecule has 1 aliphatic heterocycles. The van der Waals surface area contributed by atoms with Crippen LogP contribution in [0.25, 0.3) is 0 Å². The predicted octanol–water partition coefficient (Wildman–Crippen LogP) is 2.32. The Balaban J connectivity index is 1.59. The molecule has 0 radical (unpaired) electrons. The molecule has 0 bridgehead atoms. The summed E-state index contributed by atoms with van der Waals surface area (Å²) in [7, 11) is 0. The molecule has 0 aliphatic carbocycles. The molecule has 3 rings (SSSR count). The van der Waals surface area contributed by atoms with Crippen LogP contribution >= 0.6 is 0 Å². The number of hydrogen-bond acceptors (Lipinski definition) is 5. The Kier molecular flexibility index (Phi) is 3.84. The topological polar surface area (TPSA) is 52.7 Å². The van der Waals surface area contributed by atoms with E-state index in [1.54, 1.807) is 12.1 Å². The minimum Gasteiger partial charge on any atom is -0.508 e. The largest absolute Gasteiger partial charge is 0.508 e. The van der Waals surface area contributed by atoms with Crippen LogP contribution in [-0.2, 0) is 6.54 Å². The summed E-state index contributed by atoms with van der Waals surface area (Å²) in [4.78, 5) is 4.78. The highest BCUT2D eigenvalue weighted by Crippen LogP contribution is 2.21. The highest BCUT2D eigenvalue weighted by atomic mass is 16.5. The number of anilines is 1. The molecule has 0 unspecified atom stereocenters. The van der Waals surface area contributed by atoms with E-state index in [1.807, 2.05) is 26.0 Å². The number of aryl methyl sites for hydroxylation is 2. The molecule has 2 heterocycles. The zero-order valence-corrected chi connectivity index (χ0v) is 12.5. The van der Waals surface area contributed by atoms with Gasteiger partial charge in [0, 0.05) is 44.0 Å². The van der Waals surface area contributed by atoms with E-state index in [0.717, 1.165) is 44.2 Å². The van der Waals surface area contributed by atoms with Gasteiger partial charge in [0.2, 0.25) is 0 Å². The van der Waals surface area contributed by atoms with Gasteiger partial charge in [0.25, 0.3) is 0 Å². The third-order valence-electron chi connectivity index (χ3n) is 4.15. The lowest BCUT2D eigenvalue weighted by Crippen LogP contribution is -2.46. The van der Waals surface area contributed by atoms with E-state index in [9.17, 15) is 5.11 Å². The fourth-order valence-electron chi connectivity index (χ4n) is 2.78. The summed E-state index contributed by atoms with van der Waals surface area (Å²) < 4.78 is 5.23. The zero-order chi connectivity index (χ0) is 14.8. The molecule has 1 aromatic heterocycles. The molecular weight excluding hydrogens is 266 g/mol. The molecule has 5 heteroatoms. The molecule has 2 aromatic rings. The van der Waals surface area contributed by atoms with E-state index in [0.29, 0.717) is 5.75 Å². The summed E-state index contributed by atoms with van der Waals surface area (Å²) in [5, 5.41) is 13.4. The second-order valence-electron chi connectivity index (χ2n) is 5.58. The van der Waals surface area contributed by atoms with Crippen molar-refractivity contribution in [1.82, 2.24) is 10.1 Å². The van der Waals surface area contributed by atoms with E-state index < -0.39 is 0 Å². The van der Waals surface area contributed by atoms with Gasteiger partial charge in [-0.1, -0.05) is 5.16 Å². The van der Waals surface area contributed by atoms with Crippen LogP contribution in [0.5, 0.6) is 5.75 Å². The maximum Gasteiger partial charge on any atom is 0.138 e. The van der Waals surface area contributed by atoms with Crippen LogP contribution < -0.4 is 4.90 Å². The molecule has 1 saturated heterocycles. The van der Waals surface area contributed by atoms with Gasteiger partial charge in [0.15, 0.2) is 0 Å². The summed E-state index contributed by atoms with van der Waals surface area (Å²) in [5.74, 6) is 1.24. The van der Waals surface area contributed by atoms with Gasteiger partial charge in [-0.2, -0.15) is 0 Å². The number of phenols is 1. The van der Waals surface area contributed by atoms with Gasteiger partial charge in [-0.3, -0.25) is 4.90 Å². The van der Waals surface area contributed by atoms with E-state index >= 15 is 0 Å². The number of aromatic hydroxyl groups is 1. The van der Waals surface area contributed by atoms with Gasteiger partial charge < -0.3 is 14.5 Å². The Morgan fingerprint density at radius 3 is 2.33 bits per heavy atom. The average molecular weight is 287 g/mol. The third kappa shape index (κ3) is 3.03. The van der Waals surface area contributed by atoms with Gasteiger partial charge in [-0.05, 0) is 38.1 Å². The van der Waals surface area contributed by atoms with Gasteiger partial charge in [0.1, 0.15) is 11.5 Å². The van der Waals surface area contributed by atoms with Crippen molar-refractivity contribution in [3.63, 3.8) is 0 Å². The lowest BCUT2D eigenvalue weighted by atomic mass is 10.1. The van der Waals surface area contributed by atoms with Gasteiger partial charge in [-0.15, -0.1) is 0 Å². The van der Waals surface area contributed by atoms with Crippen molar-refractivity contribution >= 4 is 5.69 Å². The summed E-state index contributed by atoms with van der Waals surface area (Å²) >= 11 is 0. The lowest BCUT2D eigenvalue weighted by Gasteiger charge is -2.36. The number of piperazine rings is 1. The number of rotatable bonds is 3. The summed E-state index contributed by atoms with van der Waals surface area (Å²) in [6.45, 7) is 8.91. The smallest absolute Gasteiger partial charge is 0.138 e. The monoisotopic (exact) mass is 287 g/mol. The standard InChI is InChI=1S/C16H21N3O2/c1-12-16(13(2)21-17-12)11-18-7-9-19(10-8-18)14-3-5-15(20)6-4-14/h3-6,20H,7-11H2,1-2H3. The van der Waals surface area contributed by atoms with Crippen molar-refractivity contribution in [2.45, 2.75) is 20.4 Å². The molecule has 5 nitrogen and oxygen atoms in total. The second-order valence-corrected chi connectivity index (χ2v) is 5.58. The first-order valence-electron chi connectivity index (χ1n) is 7.31. The van der Waals surface area contributed by atoms with Gasteiger partial charge in [0.05, 0.1) is 5.69 Å². The van der Waals surface area contributed by atoms with Gasteiger partial charge >= 0.3 is 0 Å². The van der Waals surface area contributed by atoms with E-state index in [4.69, 9.17) is 4.52 Å². The fraction of sp³-hybridized carbons (Fsp3) is 0.438. The van der Waals surface area contributed by atoms with Crippen LogP contribution in [0.1, 0.15) is 17.0 Å². The Hall–Kier alpha value is -2.01. The van der Waals surface area contributed by atoms with Crippen molar-refractivity contribution in [3.05, 3.63) is 41.3 Å². The molecule has 112 valence electrons. The van der Waals surface area contributed by atoms with Crippen LogP contribution in [0.4, 0.5) is 5.69 Å². The van der Waals surface area contributed by atoms with Crippen LogP contribution in [0, 0.1) is 13.8 Å². The van der Waals surface area contributed by atoms with Crippen LogP contribution in [0.3, 0.4) is 0 Å². The molecule has 1 fully saturated rings. The summed E-state index contributed by atoms with van der Waals surface area (Å²) in [6, 6.07) is 7.43. The maximum atomic E-state index is 9.35. The minimum absolute atomic E-state index is 0.316. The number of benzene rings is 1. The van der Waals surface area contributed by atoms with Crippen LogP contribution in [-0.4, -0.2) is 41.3 Å². The van der Waals surface area contributed by atoms with Crippen LogP contribution in [0.2, 0.25) is 0 Å². The molecule has 1 N–H and O–H groups in total. The third-order valence-corrected chi connectivity index (χ3v) is 4.15. The van der Waals surface area contributed by atoms with Crippen molar-refractivity contribution < 1.29 is 9.63 Å². The normalized spacial score (nSPS) is 16.4. The Bertz CT molecular complexity index is 579. The number of hydrogen-bond donors (Lipinski definition) is 1. The first-order valence-corrected chi connectivity index (χ1v) is 7.31. The molecule has 0 atom stereocenters. The lowest BCUT2D eigenvalue weighted by molar-refractivity contribution is 0.248. The maximum absolute atomic E-state index is 9.35. The molecule has 0 spiro atoms. The molecule has 1 aliphatic rings. The van der Waals surface area contributed by atoms with E-state index in [2.05, 4.69) is 15.0 Å². The molecule has 21 heavy (non-hydrogen) atoms. The molecular formula is C16H21N3O2. The van der Waals surface area contributed by atoms with Crippen molar-refractivity contribution in [3.8, 4) is 5.75 Å². The molecule has 1 aromatic carbocycles. The van der Waals surface area contributed by atoms with Crippen molar-refractivity contribution in [2.75, 3.05) is 31.1 Å². The first-order chi connectivity index (χ1) is 10.1. The molecule has 0 amide bonds. The quantitative estimate of drug-likeness (QED) is 0.939. The second kappa shape index (κ2) is 5.77. The minimum atomic E-state index is 0.316. The van der Waals surface area contributed by atoms with Crippen LogP contribution in [0.15, 0.2) is 28.8 Å². The Morgan fingerprint density at radius 2 is 1.76 bits per heavy atom. The number of phenolic OH excluding ortho intramolecular Hbond substituents is 1. The predicted molar refractivity (Wildman–Crippen MR) is 81.6 cm³/mol. The highest BCUT2D eigenvalue weighted by Gasteiger charge is 2.20. The SMILES string of the molecule is Cc1noc(C)c1CN1CCN(c2ccc(O)cc2)CC1. The Morgan fingerprint density at radius 1 is 1.10 bits per heavy atom. The number of aromatic nitrogens is 1. The van der Waals surface area contributed by atoms with E-state index in [1.165, 1.54) is 11.3 Å². The zero-order valence-electron chi connectivity index (χ0n) is 12.5. The summed E-state index contributed by atoms with van der Waals surface area (Å²) in [5.41, 5.74) is 3.38. The van der Waals surface area contributed by atoms with Crippen molar-refractivity contribution in [2.24, 2.45) is 0 Å². The van der Waals surface area contributed by atoms with Gasteiger partial charge in [-0.25, -0.2) is 0 Å². The first kappa shape index (κ1) is 13.9. The number of nitrogens with zero attached hydrogens (tertiary/aromatic N) is 3. The average Bonchev–Trinajstić information content (AvgIpc) is 2.81. The highest BCUT2D eigenvalue weighted by molar-refractivity contribution is 5.49. The van der Waals surface area contributed by atoms with Crippen molar-refractivity contribution in [1.29, 1.82) is 0 Å². The molecule has 0 saturated carbocycles. The fourth-order valence-corrected chi connectivity index (χ4v) is 2.78.